The van der Waals surface area contributed by atoms with E-state index in [1.54, 1.807) is 0 Å². The summed E-state index contributed by atoms with van der Waals surface area (Å²) in [7, 11) is 0. The largest absolute Gasteiger partial charge is 0.375 e. The fourth-order valence-electron chi connectivity index (χ4n) is 1.05. The van der Waals surface area contributed by atoms with Crippen LogP contribution in [0.2, 0.25) is 0 Å². The van der Waals surface area contributed by atoms with Gasteiger partial charge in [0.15, 0.2) is 5.13 Å². The number of nitrogens with two attached hydrogens (primary N) is 1. The lowest BCUT2D eigenvalue weighted by Crippen LogP contribution is -1.78. The van der Waals surface area contributed by atoms with E-state index in [1.807, 2.05) is 39.8 Å². The molecule has 3 heteroatoms. The van der Waals surface area contributed by atoms with Gasteiger partial charge < -0.3 is 5.73 Å². The highest BCUT2D eigenvalue weighted by molar-refractivity contribution is 7.22. The van der Waals surface area contributed by atoms with Crippen molar-refractivity contribution in [2.45, 2.75) is 34.6 Å². The van der Waals surface area contributed by atoms with E-state index in [-0.39, 0.29) is 0 Å². The lowest BCUT2D eigenvalue weighted by molar-refractivity contribution is 1.46. The lowest BCUT2D eigenvalue weighted by atomic mass is 10.2. The van der Waals surface area contributed by atoms with Crippen molar-refractivity contribution in [3.8, 4) is 0 Å². The summed E-state index contributed by atoms with van der Waals surface area (Å²) < 4.78 is 1.17. The van der Waals surface area contributed by atoms with Gasteiger partial charge in [0.05, 0.1) is 10.2 Å². The Balaban J connectivity index is 0.000000442. The molecule has 0 atom stereocenters. The third kappa shape index (κ3) is 3.88. The minimum absolute atomic E-state index is 0.644. The van der Waals surface area contributed by atoms with Crippen LogP contribution in [-0.2, 0) is 0 Å². The van der Waals surface area contributed by atoms with Gasteiger partial charge in [-0.05, 0) is 24.6 Å². The van der Waals surface area contributed by atoms with Gasteiger partial charge in [-0.25, -0.2) is 4.98 Å². The van der Waals surface area contributed by atoms with E-state index in [0.717, 1.165) is 5.52 Å². The van der Waals surface area contributed by atoms with Crippen LogP contribution in [0.4, 0.5) is 5.13 Å². The van der Waals surface area contributed by atoms with Crippen molar-refractivity contribution in [3.63, 3.8) is 0 Å². The van der Waals surface area contributed by atoms with Crippen molar-refractivity contribution in [1.29, 1.82) is 0 Å². The zero-order valence-electron chi connectivity index (χ0n) is 10.2. The van der Waals surface area contributed by atoms with Gasteiger partial charge in [0, 0.05) is 0 Å². The van der Waals surface area contributed by atoms with E-state index in [0.29, 0.717) is 5.13 Å². The SMILES string of the molecule is CC.CC.Cc1ccc2nc(N)sc2c1. The molecule has 1 heterocycles. The summed E-state index contributed by atoms with van der Waals surface area (Å²) in [4.78, 5) is 4.15. The van der Waals surface area contributed by atoms with Crippen molar-refractivity contribution < 1.29 is 0 Å². The van der Waals surface area contributed by atoms with Crippen LogP contribution in [0.25, 0.3) is 10.2 Å². The van der Waals surface area contributed by atoms with Crippen LogP contribution in [0.1, 0.15) is 33.3 Å². The van der Waals surface area contributed by atoms with Crippen LogP contribution in [0, 0.1) is 6.92 Å². The molecule has 2 N–H and O–H groups in total. The van der Waals surface area contributed by atoms with Crippen LogP contribution in [0.15, 0.2) is 18.2 Å². The number of rotatable bonds is 0. The van der Waals surface area contributed by atoms with Crippen LogP contribution in [0.5, 0.6) is 0 Å². The number of hydrogen-bond acceptors (Lipinski definition) is 3. The van der Waals surface area contributed by atoms with E-state index in [4.69, 9.17) is 5.73 Å². The van der Waals surface area contributed by atoms with E-state index in [1.165, 1.54) is 21.6 Å². The Morgan fingerprint density at radius 2 is 1.73 bits per heavy atom. The summed E-state index contributed by atoms with van der Waals surface area (Å²) >= 11 is 1.53. The average Bonchev–Trinajstić information content (AvgIpc) is 2.63. The molecule has 0 spiro atoms. The Kier molecular flexibility index (Phi) is 6.71. The molecule has 1 aromatic carbocycles. The summed E-state index contributed by atoms with van der Waals surface area (Å²) in [6, 6.07) is 6.14. The number of nitrogen functional groups attached to an aromatic ring is 1. The molecule has 2 nitrogen and oxygen atoms in total. The normalized spacial score (nSPS) is 8.60. The molecule has 0 fully saturated rings. The molecule has 0 saturated carbocycles. The minimum atomic E-state index is 0.644. The molecule has 0 aliphatic heterocycles. The highest BCUT2D eigenvalue weighted by atomic mass is 32.1. The lowest BCUT2D eigenvalue weighted by Gasteiger charge is -1.88. The van der Waals surface area contributed by atoms with E-state index in [9.17, 15) is 0 Å². The quantitative estimate of drug-likeness (QED) is 0.727. The molecule has 0 aliphatic rings. The predicted molar refractivity (Wildman–Crippen MR) is 71.5 cm³/mol. The molecular formula is C12H20N2S. The molecule has 0 amide bonds. The maximum Gasteiger partial charge on any atom is 0.181 e. The van der Waals surface area contributed by atoms with Gasteiger partial charge in [-0.1, -0.05) is 45.1 Å². The fraction of sp³-hybridized carbons (Fsp3) is 0.417. The van der Waals surface area contributed by atoms with E-state index >= 15 is 0 Å². The highest BCUT2D eigenvalue weighted by Gasteiger charge is 1.98. The highest BCUT2D eigenvalue weighted by Crippen LogP contribution is 2.23. The standard InChI is InChI=1S/C8H8N2S.2C2H6/c1-5-2-3-6-7(4-5)11-8(9)10-6;2*1-2/h2-4H,1H3,(H2,9,10);2*1-2H3. The second kappa shape index (κ2) is 7.23. The molecular weight excluding hydrogens is 204 g/mol. The first-order valence-electron chi connectivity index (χ1n) is 5.38. The molecule has 2 aromatic rings. The summed E-state index contributed by atoms with van der Waals surface area (Å²) in [5.74, 6) is 0. The van der Waals surface area contributed by atoms with Gasteiger partial charge in [0.2, 0.25) is 0 Å². The number of hydrogen-bond donors (Lipinski definition) is 1. The van der Waals surface area contributed by atoms with Crippen molar-refractivity contribution in [3.05, 3.63) is 23.8 Å². The van der Waals surface area contributed by atoms with Crippen molar-refractivity contribution in [2.24, 2.45) is 0 Å². The first-order chi connectivity index (χ1) is 7.25. The molecule has 0 saturated heterocycles. The molecule has 2 rings (SSSR count). The van der Waals surface area contributed by atoms with Crippen molar-refractivity contribution in [2.75, 3.05) is 5.73 Å². The molecule has 0 bridgehead atoms. The van der Waals surface area contributed by atoms with Crippen LogP contribution in [0.3, 0.4) is 0 Å². The summed E-state index contributed by atoms with van der Waals surface area (Å²) in [5, 5.41) is 0.644. The number of thiazole rings is 1. The monoisotopic (exact) mass is 224 g/mol. The van der Waals surface area contributed by atoms with Gasteiger partial charge in [-0.3, -0.25) is 0 Å². The summed E-state index contributed by atoms with van der Waals surface area (Å²) in [5.41, 5.74) is 7.80. The molecule has 0 radical (unpaired) electrons. The first-order valence-corrected chi connectivity index (χ1v) is 6.20. The topological polar surface area (TPSA) is 38.9 Å². The number of benzene rings is 1. The zero-order chi connectivity index (χ0) is 11.8. The smallest absolute Gasteiger partial charge is 0.181 e. The number of fused-ring (bicyclic) bond motifs is 1. The Hall–Kier alpha value is -1.09. The van der Waals surface area contributed by atoms with Crippen LogP contribution < -0.4 is 5.73 Å². The Morgan fingerprint density at radius 1 is 1.13 bits per heavy atom. The average molecular weight is 224 g/mol. The van der Waals surface area contributed by atoms with Gasteiger partial charge >= 0.3 is 0 Å². The van der Waals surface area contributed by atoms with E-state index in [2.05, 4.69) is 18.0 Å². The maximum atomic E-state index is 5.55. The Morgan fingerprint density at radius 3 is 2.33 bits per heavy atom. The van der Waals surface area contributed by atoms with E-state index < -0.39 is 0 Å². The predicted octanol–water partition coefficient (Wildman–Crippen LogP) is 4.24. The van der Waals surface area contributed by atoms with Gasteiger partial charge in [-0.15, -0.1) is 0 Å². The summed E-state index contributed by atoms with van der Waals surface area (Å²) in [6.07, 6.45) is 0. The second-order valence-corrected chi connectivity index (χ2v) is 3.59. The number of anilines is 1. The Labute approximate surface area is 96.1 Å². The van der Waals surface area contributed by atoms with Gasteiger partial charge in [0.25, 0.3) is 0 Å². The van der Waals surface area contributed by atoms with Gasteiger partial charge in [0.1, 0.15) is 0 Å². The molecule has 1 aromatic heterocycles. The first kappa shape index (κ1) is 13.9. The Bertz CT molecular complexity index is 393. The molecule has 0 aliphatic carbocycles. The third-order valence-electron chi connectivity index (χ3n) is 1.56. The molecule has 15 heavy (non-hydrogen) atoms. The van der Waals surface area contributed by atoms with Crippen molar-refractivity contribution in [1.82, 2.24) is 4.98 Å². The van der Waals surface area contributed by atoms with Gasteiger partial charge in [-0.2, -0.15) is 0 Å². The van der Waals surface area contributed by atoms with Crippen LogP contribution >= 0.6 is 11.3 Å². The zero-order valence-corrected chi connectivity index (χ0v) is 11.0. The van der Waals surface area contributed by atoms with Crippen molar-refractivity contribution >= 4 is 26.7 Å². The number of aromatic nitrogens is 1. The molecule has 84 valence electrons. The second-order valence-electron chi connectivity index (χ2n) is 2.52. The number of nitrogens with zero attached hydrogens (tertiary/aromatic N) is 1. The maximum absolute atomic E-state index is 5.55. The minimum Gasteiger partial charge on any atom is -0.375 e. The third-order valence-corrected chi connectivity index (χ3v) is 2.41. The summed E-state index contributed by atoms with van der Waals surface area (Å²) in [6.45, 7) is 10.1. The fourth-order valence-corrected chi connectivity index (χ4v) is 1.88. The molecule has 0 unspecified atom stereocenters. The number of aryl methyl sites for hydroxylation is 1. The van der Waals surface area contributed by atoms with Crippen LogP contribution in [-0.4, -0.2) is 4.98 Å².